The van der Waals surface area contributed by atoms with Crippen molar-refractivity contribution in [3.8, 4) is 0 Å². The Morgan fingerprint density at radius 3 is 2.39 bits per heavy atom. The van der Waals surface area contributed by atoms with E-state index in [1.807, 2.05) is 20.8 Å². The van der Waals surface area contributed by atoms with Gasteiger partial charge in [-0.15, -0.1) is 0 Å². The third-order valence-electron chi connectivity index (χ3n) is 3.42. The SMILES string of the molecule is COCC(C(OC)OC)N(C)C(=O)Nc1cc(C(C)(C)C)on1. The number of aromatic nitrogens is 1. The summed E-state index contributed by atoms with van der Waals surface area (Å²) in [5.41, 5.74) is -0.183. The van der Waals surface area contributed by atoms with E-state index in [0.717, 1.165) is 0 Å². The van der Waals surface area contributed by atoms with Crippen LogP contribution in [-0.2, 0) is 19.6 Å². The Morgan fingerprint density at radius 1 is 1.35 bits per heavy atom. The lowest BCUT2D eigenvalue weighted by Crippen LogP contribution is -2.50. The molecule has 1 aromatic heterocycles. The van der Waals surface area contributed by atoms with Crippen molar-refractivity contribution < 1.29 is 23.5 Å². The van der Waals surface area contributed by atoms with Gasteiger partial charge in [0.25, 0.3) is 0 Å². The maximum atomic E-state index is 12.4. The van der Waals surface area contributed by atoms with Gasteiger partial charge in [0, 0.05) is 39.9 Å². The van der Waals surface area contributed by atoms with E-state index in [1.165, 1.54) is 19.1 Å². The molecule has 23 heavy (non-hydrogen) atoms. The molecular formula is C15H27N3O5. The summed E-state index contributed by atoms with van der Waals surface area (Å²) in [4.78, 5) is 13.8. The predicted octanol–water partition coefficient (Wildman–Crippen LogP) is 2.07. The van der Waals surface area contributed by atoms with E-state index in [-0.39, 0.29) is 18.1 Å². The minimum atomic E-state index is -0.604. The van der Waals surface area contributed by atoms with Crippen molar-refractivity contribution in [2.24, 2.45) is 0 Å². The number of nitrogens with one attached hydrogen (secondary N) is 1. The van der Waals surface area contributed by atoms with Gasteiger partial charge in [-0.2, -0.15) is 0 Å². The van der Waals surface area contributed by atoms with Crippen LogP contribution in [-0.4, -0.2) is 63.4 Å². The maximum Gasteiger partial charge on any atom is 0.323 e. The van der Waals surface area contributed by atoms with Crippen molar-refractivity contribution in [3.05, 3.63) is 11.8 Å². The molecule has 1 heterocycles. The predicted molar refractivity (Wildman–Crippen MR) is 85.5 cm³/mol. The van der Waals surface area contributed by atoms with Gasteiger partial charge in [0.2, 0.25) is 0 Å². The van der Waals surface area contributed by atoms with Crippen LogP contribution in [0.3, 0.4) is 0 Å². The van der Waals surface area contributed by atoms with E-state index < -0.39 is 12.3 Å². The lowest BCUT2D eigenvalue weighted by molar-refractivity contribution is -0.147. The minimum Gasteiger partial charge on any atom is -0.382 e. The number of amides is 2. The van der Waals surface area contributed by atoms with Gasteiger partial charge in [0.1, 0.15) is 11.8 Å². The quantitative estimate of drug-likeness (QED) is 0.771. The number of hydrogen-bond donors (Lipinski definition) is 1. The van der Waals surface area contributed by atoms with Crippen molar-refractivity contribution >= 4 is 11.8 Å². The zero-order valence-electron chi connectivity index (χ0n) is 14.9. The number of likely N-dealkylation sites (N-methyl/N-ethyl adjacent to an activating group) is 1. The second-order valence-corrected chi connectivity index (χ2v) is 6.23. The van der Waals surface area contributed by atoms with Crippen LogP contribution < -0.4 is 5.32 Å². The lowest BCUT2D eigenvalue weighted by Gasteiger charge is -2.32. The number of carbonyl (C=O) groups is 1. The van der Waals surface area contributed by atoms with Crippen LogP contribution in [0.25, 0.3) is 0 Å². The highest BCUT2D eigenvalue weighted by molar-refractivity contribution is 5.88. The summed E-state index contributed by atoms with van der Waals surface area (Å²) in [6.45, 7) is 6.27. The van der Waals surface area contributed by atoms with E-state index in [9.17, 15) is 4.79 Å². The van der Waals surface area contributed by atoms with Gasteiger partial charge < -0.3 is 23.6 Å². The summed E-state index contributed by atoms with van der Waals surface area (Å²) in [5, 5.41) is 6.56. The monoisotopic (exact) mass is 329 g/mol. The van der Waals surface area contributed by atoms with Crippen LogP contribution in [0.15, 0.2) is 10.6 Å². The van der Waals surface area contributed by atoms with Gasteiger partial charge in [-0.25, -0.2) is 4.79 Å². The molecule has 0 aliphatic carbocycles. The van der Waals surface area contributed by atoms with E-state index in [1.54, 1.807) is 20.2 Å². The van der Waals surface area contributed by atoms with Gasteiger partial charge in [0.15, 0.2) is 12.1 Å². The van der Waals surface area contributed by atoms with E-state index >= 15 is 0 Å². The van der Waals surface area contributed by atoms with Crippen LogP contribution in [0.1, 0.15) is 26.5 Å². The van der Waals surface area contributed by atoms with Crippen molar-refractivity contribution in [2.45, 2.75) is 38.5 Å². The average molecular weight is 329 g/mol. The largest absolute Gasteiger partial charge is 0.382 e. The molecule has 0 aromatic carbocycles. The number of nitrogens with zero attached hydrogens (tertiary/aromatic N) is 2. The molecule has 8 heteroatoms. The Kier molecular flexibility index (Phi) is 6.99. The molecule has 0 saturated carbocycles. The molecule has 0 aliphatic heterocycles. The van der Waals surface area contributed by atoms with Crippen molar-refractivity contribution in [2.75, 3.05) is 40.3 Å². The molecule has 1 atom stereocenters. The summed E-state index contributed by atoms with van der Waals surface area (Å²) in [5.74, 6) is 1.05. The number of hydrogen-bond acceptors (Lipinski definition) is 6. The molecule has 2 amide bonds. The first-order valence-corrected chi connectivity index (χ1v) is 7.30. The van der Waals surface area contributed by atoms with E-state index in [0.29, 0.717) is 11.6 Å². The molecule has 1 aromatic rings. The van der Waals surface area contributed by atoms with Crippen LogP contribution in [0.2, 0.25) is 0 Å². The fourth-order valence-electron chi connectivity index (χ4n) is 1.99. The molecule has 0 radical (unpaired) electrons. The molecule has 1 unspecified atom stereocenters. The molecular weight excluding hydrogens is 302 g/mol. The number of methoxy groups -OCH3 is 3. The molecule has 1 rings (SSSR count). The Balaban J connectivity index is 2.80. The zero-order chi connectivity index (χ0) is 17.6. The number of urea groups is 1. The lowest BCUT2D eigenvalue weighted by atomic mass is 9.93. The van der Waals surface area contributed by atoms with E-state index in [4.69, 9.17) is 18.7 Å². The highest BCUT2D eigenvalue weighted by Crippen LogP contribution is 2.24. The second kappa shape index (κ2) is 8.28. The first kappa shape index (κ1) is 19.4. The summed E-state index contributed by atoms with van der Waals surface area (Å²) in [6, 6.07) is 0.935. The molecule has 8 nitrogen and oxygen atoms in total. The Hall–Kier alpha value is -1.64. The Labute approximate surface area is 137 Å². The first-order chi connectivity index (χ1) is 10.7. The minimum absolute atomic E-state index is 0.183. The topological polar surface area (TPSA) is 86.1 Å². The molecule has 0 aliphatic rings. The molecule has 0 fully saturated rings. The van der Waals surface area contributed by atoms with Crippen LogP contribution in [0.4, 0.5) is 10.6 Å². The molecule has 132 valence electrons. The summed E-state index contributed by atoms with van der Waals surface area (Å²) in [6.07, 6.45) is -0.604. The fourth-order valence-corrected chi connectivity index (χ4v) is 1.99. The Bertz CT molecular complexity index is 494. The summed E-state index contributed by atoms with van der Waals surface area (Å²) >= 11 is 0. The van der Waals surface area contributed by atoms with Gasteiger partial charge in [0.05, 0.1) is 6.61 Å². The van der Waals surface area contributed by atoms with Crippen molar-refractivity contribution in [1.29, 1.82) is 0 Å². The van der Waals surface area contributed by atoms with Gasteiger partial charge in [-0.3, -0.25) is 5.32 Å². The third-order valence-corrected chi connectivity index (χ3v) is 3.42. The molecule has 0 saturated heterocycles. The zero-order valence-corrected chi connectivity index (χ0v) is 14.9. The van der Waals surface area contributed by atoms with E-state index in [2.05, 4.69) is 10.5 Å². The first-order valence-electron chi connectivity index (χ1n) is 7.30. The molecule has 1 N–H and O–H groups in total. The normalized spacial score (nSPS) is 13.2. The number of anilines is 1. The summed E-state index contributed by atoms with van der Waals surface area (Å²) < 4.78 is 20.8. The average Bonchev–Trinajstić information content (AvgIpc) is 2.95. The highest BCUT2D eigenvalue weighted by Gasteiger charge is 2.29. The molecule has 0 bridgehead atoms. The highest BCUT2D eigenvalue weighted by atomic mass is 16.7. The van der Waals surface area contributed by atoms with Gasteiger partial charge >= 0.3 is 6.03 Å². The van der Waals surface area contributed by atoms with Gasteiger partial charge in [-0.05, 0) is 0 Å². The third kappa shape index (κ3) is 5.19. The second-order valence-electron chi connectivity index (χ2n) is 6.23. The van der Waals surface area contributed by atoms with Crippen molar-refractivity contribution in [3.63, 3.8) is 0 Å². The number of ether oxygens (including phenoxy) is 3. The fraction of sp³-hybridized carbons (Fsp3) is 0.733. The van der Waals surface area contributed by atoms with Crippen LogP contribution in [0.5, 0.6) is 0 Å². The maximum absolute atomic E-state index is 12.4. The smallest absolute Gasteiger partial charge is 0.323 e. The van der Waals surface area contributed by atoms with Crippen LogP contribution in [0, 0.1) is 0 Å². The Morgan fingerprint density at radius 2 is 1.96 bits per heavy atom. The number of rotatable bonds is 7. The van der Waals surface area contributed by atoms with Gasteiger partial charge in [-0.1, -0.05) is 25.9 Å². The van der Waals surface area contributed by atoms with Crippen LogP contribution >= 0.6 is 0 Å². The standard InChI is InChI=1S/C15H27N3O5/c1-15(2,3)11-8-12(17-23-11)16-14(19)18(4)10(9-20-5)13(21-6)22-7/h8,10,13H,9H2,1-7H3,(H,16,17,19). The van der Waals surface area contributed by atoms with Crippen molar-refractivity contribution in [1.82, 2.24) is 10.1 Å². The number of carbonyl (C=O) groups excluding carboxylic acids is 1. The molecule has 0 spiro atoms. The summed E-state index contributed by atoms with van der Waals surface area (Å²) in [7, 11) is 6.20.